The molecule has 0 fully saturated rings. The number of carbonyl (C=O) groups is 1. The minimum atomic E-state index is -0.286. The van der Waals surface area contributed by atoms with Gasteiger partial charge in [-0.25, -0.2) is 0 Å². The molecule has 0 radical (unpaired) electrons. The first-order valence-corrected chi connectivity index (χ1v) is 5.30. The summed E-state index contributed by atoms with van der Waals surface area (Å²) in [6.07, 6.45) is 3.34. The Balaban J connectivity index is 1.96. The van der Waals surface area contributed by atoms with E-state index in [1.54, 1.807) is 12.4 Å². The van der Waals surface area contributed by atoms with E-state index in [1.807, 2.05) is 12.1 Å². The molecular formula is C11H9ClN4O. The molecule has 0 saturated heterocycles. The fourth-order valence-electron chi connectivity index (χ4n) is 1.21. The summed E-state index contributed by atoms with van der Waals surface area (Å²) in [6, 6.07) is 6.70. The Kier molecular flexibility index (Phi) is 3.62. The van der Waals surface area contributed by atoms with Gasteiger partial charge in [0.25, 0.3) is 5.91 Å². The lowest BCUT2D eigenvalue weighted by atomic mass is 10.2. The maximum Gasteiger partial charge on any atom is 0.272 e. The quantitative estimate of drug-likeness (QED) is 0.893. The number of halogens is 1. The number of pyridine rings is 1. The number of hydrogen-bond donors (Lipinski definition) is 1. The Bertz CT molecular complexity index is 501. The summed E-state index contributed by atoms with van der Waals surface area (Å²) >= 11 is 5.58. The lowest BCUT2D eigenvalue weighted by molar-refractivity contribution is 0.0945. The molecule has 2 rings (SSSR count). The first-order valence-electron chi connectivity index (χ1n) is 4.92. The molecule has 0 unspecified atom stereocenters. The van der Waals surface area contributed by atoms with Gasteiger partial charge in [-0.3, -0.25) is 9.78 Å². The highest BCUT2D eigenvalue weighted by atomic mass is 35.5. The summed E-state index contributed by atoms with van der Waals surface area (Å²) in [5.74, 6) is -0.286. The van der Waals surface area contributed by atoms with E-state index >= 15 is 0 Å². The highest BCUT2D eigenvalue weighted by molar-refractivity contribution is 6.29. The van der Waals surface area contributed by atoms with Crippen molar-refractivity contribution in [3.05, 3.63) is 53.1 Å². The van der Waals surface area contributed by atoms with Crippen LogP contribution in [-0.2, 0) is 6.54 Å². The molecule has 2 aromatic rings. The molecule has 0 aliphatic carbocycles. The largest absolute Gasteiger partial charge is 0.347 e. The molecule has 6 heteroatoms. The van der Waals surface area contributed by atoms with Gasteiger partial charge in [-0.05, 0) is 29.8 Å². The number of nitrogens with one attached hydrogen (secondary N) is 1. The average molecular weight is 249 g/mol. The van der Waals surface area contributed by atoms with Crippen molar-refractivity contribution < 1.29 is 4.79 Å². The predicted octanol–water partition coefficient (Wildman–Crippen LogP) is 1.45. The number of hydrogen-bond acceptors (Lipinski definition) is 4. The average Bonchev–Trinajstić information content (AvgIpc) is 2.38. The van der Waals surface area contributed by atoms with Gasteiger partial charge in [0.05, 0.1) is 0 Å². The third kappa shape index (κ3) is 3.22. The van der Waals surface area contributed by atoms with Gasteiger partial charge in [0, 0.05) is 18.9 Å². The second-order valence-corrected chi connectivity index (χ2v) is 3.67. The van der Waals surface area contributed by atoms with Crippen molar-refractivity contribution in [2.45, 2.75) is 6.54 Å². The Morgan fingerprint density at radius 2 is 1.94 bits per heavy atom. The van der Waals surface area contributed by atoms with Gasteiger partial charge in [0.15, 0.2) is 10.8 Å². The molecule has 0 bridgehead atoms. The summed E-state index contributed by atoms with van der Waals surface area (Å²) in [5, 5.41) is 10.3. The summed E-state index contributed by atoms with van der Waals surface area (Å²) in [5.41, 5.74) is 1.21. The Hall–Kier alpha value is -2.01. The van der Waals surface area contributed by atoms with Crippen LogP contribution in [0.15, 0.2) is 36.7 Å². The Morgan fingerprint density at radius 3 is 2.59 bits per heavy atom. The van der Waals surface area contributed by atoms with Crippen molar-refractivity contribution >= 4 is 17.5 Å². The van der Waals surface area contributed by atoms with Gasteiger partial charge < -0.3 is 5.32 Å². The normalized spacial score (nSPS) is 9.94. The van der Waals surface area contributed by atoms with Gasteiger partial charge in [0.1, 0.15) is 0 Å². The highest BCUT2D eigenvalue weighted by Crippen LogP contribution is 2.02. The molecule has 1 amide bonds. The molecule has 0 aliphatic rings. The van der Waals surface area contributed by atoms with E-state index in [-0.39, 0.29) is 16.8 Å². The van der Waals surface area contributed by atoms with Crippen molar-refractivity contribution in [1.29, 1.82) is 0 Å². The summed E-state index contributed by atoms with van der Waals surface area (Å²) in [7, 11) is 0. The van der Waals surface area contributed by atoms with Crippen LogP contribution >= 0.6 is 11.6 Å². The Labute approximate surface area is 103 Å². The maximum absolute atomic E-state index is 11.7. The van der Waals surface area contributed by atoms with E-state index in [1.165, 1.54) is 12.1 Å². The van der Waals surface area contributed by atoms with E-state index in [2.05, 4.69) is 20.5 Å². The number of nitrogens with zero attached hydrogens (tertiary/aromatic N) is 3. The lowest BCUT2D eigenvalue weighted by Crippen LogP contribution is -2.24. The molecule has 0 atom stereocenters. The third-order valence-electron chi connectivity index (χ3n) is 2.07. The van der Waals surface area contributed by atoms with E-state index in [9.17, 15) is 4.79 Å². The van der Waals surface area contributed by atoms with Crippen molar-refractivity contribution in [2.75, 3.05) is 0 Å². The second-order valence-electron chi connectivity index (χ2n) is 3.28. The van der Waals surface area contributed by atoms with Crippen molar-refractivity contribution in [3.8, 4) is 0 Å². The first-order chi connectivity index (χ1) is 8.25. The molecule has 0 aromatic carbocycles. The molecular weight excluding hydrogens is 240 g/mol. The van der Waals surface area contributed by atoms with Gasteiger partial charge in [-0.2, -0.15) is 0 Å². The van der Waals surface area contributed by atoms with Crippen LogP contribution in [-0.4, -0.2) is 21.1 Å². The number of amides is 1. The zero-order valence-corrected chi connectivity index (χ0v) is 9.55. The van der Waals surface area contributed by atoms with Crippen LogP contribution in [0.5, 0.6) is 0 Å². The van der Waals surface area contributed by atoms with Crippen LogP contribution in [0.4, 0.5) is 0 Å². The fourth-order valence-corrected chi connectivity index (χ4v) is 1.31. The van der Waals surface area contributed by atoms with Gasteiger partial charge >= 0.3 is 0 Å². The molecule has 86 valence electrons. The van der Waals surface area contributed by atoms with Crippen molar-refractivity contribution in [2.24, 2.45) is 0 Å². The highest BCUT2D eigenvalue weighted by Gasteiger charge is 2.07. The van der Waals surface area contributed by atoms with E-state index in [4.69, 9.17) is 11.6 Å². The molecule has 5 nitrogen and oxygen atoms in total. The lowest BCUT2D eigenvalue weighted by Gasteiger charge is -2.03. The molecule has 2 heterocycles. The number of aromatic nitrogens is 3. The van der Waals surface area contributed by atoms with Crippen LogP contribution in [0.3, 0.4) is 0 Å². The first kappa shape index (κ1) is 11.5. The molecule has 2 aromatic heterocycles. The monoisotopic (exact) mass is 248 g/mol. The van der Waals surface area contributed by atoms with Crippen LogP contribution in [0, 0.1) is 0 Å². The van der Waals surface area contributed by atoms with Gasteiger partial charge in [0.2, 0.25) is 0 Å². The fraction of sp³-hybridized carbons (Fsp3) is 0.0909. The third-order valence-corrected chi connectivity index (χ3v) is 2.27. The SMILES string of the molecule is O=C(NCc1ccncc1)c1ccc(Cl)nn1. The summed E-state index contributed by atoms with van der Waals surface area (Å²) < 4.78 is 0. The van der Waals surface area contributed by atoms with Crippen LogP contribution in [0.25, 0.3) is 0 Å². The second kappa shape index (κ2) is 5.36. The maximum atomic E-state index is 11.7. The van der Waals surface area contributed by atoms with Crippen LogP contribution in [0.1, 0.15) is 16.1 Å². The molecule has 17 heavy (non-hydrogen) atoms. The number of rotatable bonds is 3. The van der Waals surface area contributed by atoms with Gasteiger partial charge in [-0.15, -0.1) is 10.2 Å². The zero-order valence-electron chi connectivity index (χ0n) is 8.80. The molecule has 0 aliphatic heterocycles. The topological polar surface area (TPSA) is 67.8 Å². The van der Waals surface area contributed by atoms with Crippen molar-refractivity contribution in [3.63, 3.8) is 0 Å². The van der Waals surface area contributed by atoms with Crippen LogP contribution < -0.4 is 5.32 Å². The van der Waals surface area contributed by atoms with E-state index in [0.717, 1.165) is 5.56 Å². The minimum absolute atomic E-state index is 0.239. The minimum Gasteiger partial charge on any atom is -0.347 e. The smallest absolute Gasteiger partial charge is 0.272 e. The zero-order chi connectivity index (χ0) is 12.1. The summed E-state index contributed by atoms with van der Waals surface area (Å²) in [6.45, 7) is 0.422. The van der Waals surface area contributed by atoms with Crippen LogP contribution in [0.2, 0.25) is 5.15 Å². The van der Waals surface area contributed by atoms with E-state index < -0.39 is 0 Å². The number of carbonyl (C=O) groups excluding carboxylic acids is 1. The Morgan fingerprint density at radius 1 is 1.18 bits per heavy atom. The molecule has 0 spiro atoms. The summed E-state index contributed by atoms with van der Waals surface area (Å²) in [4.78, 5) is 15.5. The standard InChI is InChI=1S/C11H9ClN4O/c12-10-2-1-9(15-16-10)11(17)14-7-8-3-5-13-6-4-8/h1-6H,7H2,(H,14,17). The molecule has 1 N–H and O–H groups in total. The van der Waals surface area contributed by atoms with Gasteiger partial charge in [-0.1, -0.05) is 11.6 Å². The van der Waals surface area contributed by atoms with E-state index in [0.29, 0.717) is 6.54 Å². The van der Waals surface area contributed by atoms with Crippen molar-refractivity contribution in [1.82, 2.24) is 20.5 Å². The molecule has 0 saturated carbocycles. The predicted molar refractivity (Wildman–Crippen MR) is 62.4 cm³/mol.